The highest BCUT2D eigenvalue weighted by Gasteiger charge is 2.43. The van der Waals surface area contributed by atoms with Gasteiger partial charge in [0.25, 0.3) is 0 Å². The summed E-state index contributed by atoms with van der Waals surface area (Å²) in [5.41, 5.74) is 0.889. The van der Waals surface area contributed by atoms with Gasteiger partial charge in [-0.25, -0.2) is 0 Å². The number of hydrogen-bond acceptors (Lipinski definition) is 3. The molecule has 2 aliphatic rings. The molecule has 3 nitrogen and oxygen atoms in total. The Morgan fingerprint density at radius 3 is 2.89 bits per heavy atom. The predicted molar refractivity (Wildman–Crippen MR) is 73.6 cm³/mol. The number of aliphatic hydroxyl groups excluding tert-OH is 1. The lowest BCUT2D eigenvalue weighted by Gasteiger charge is -2.46. The van der Waals surface area contributed by atoms with Crippen molar-refractivity contribution in [1.29, 1.82) is 0 Å². The van der Waals surface area contributed by atoms with Crippen LogP contribution < -0.4 is 4.74 Å². The van der Waals surface area contributed by atoms with Gasteiger partial charge in [0, 0.05) is 12.8 Å². The molecule has 1 aliphatic heterocycles. The second-order valence-electron chi connectivity index (χ2n) is 5.54. The van der Waals surface area contributed by atoms with Gasteiger partial charge in [0.2, 0.25) is 0 Å². The first-order valence-electron chi connectivity index (χ1n) is 6.91. The fourth-order valence-corrected chi connectivity index (χ4v) is 3.17. The monoisotopic (exact) mass is 282 g/mol. The molecule has 1 saturated carbocycles. The minimum Gasteiger partial charge on any atom is -0.489 e. The third-order valence-electron chi connectivity index (χ3n) is 4.19. The maximum absolute atomic E-state index is 9.07. The van der Waals surface area contributed by atoms with E-state index in [-0.39, 0.29) is 18.3 Å². The first-order valence-corrected chi connectivity index (χ1v) is 7.28. The lowest BCUT2D eigenvalue weighted by molar-refractivity contribution is -0.153. The predicted octanol–water partition coefficient (Wildman–Crippen LogP) is 3.31. The fourth-order valence-electron chi connectivity index (χ4n) is 2.92. The van der Waals surface area contributed by atoms with Crippen molar-refractivity contribution in [3.8, 4) is 5.75 Å². The minimum absolute atomic E-state index is 0.000377. The molecule has 1 saturated heterocycles. The van der Waals surface area contributed by atoms with E-state index in [2.05, 4.69) is 0 Å². The first-order chi connectivity index (χ1) is 9.21. The lowest BCUT2D eigenvalue weighted by atomic mass is 9.74. The molecule has 4 heteroatoms. The van der Waals surface area contributed by atoms with Crippen LogP contribution in [0, 0.1) is 0 Å². The van der Waals surface area contributed by atoms with Crippen LogP contribution >= 0.6 is 11.6 Å². The molecule has 19 heavy (non-hydrogen) atoms. The van der Waals surface area contributed by atoms with Gasteiger partial charge in [-0.15, -0.1) is 0 Å². The third kappa shape index (κ3) is 2.73. The number of aliphatic hydroxyl groups is 1. The summed E-state index contributed by atoms with van der Waals surface area (Å²) in [5, 5.41) is 9.64. The molecule has 3 rings (SSSR count). The van der Waals surface area contributed by atoms with Crippen molar-refractivity contribution < 1.29 is 14.6 Å². The van der Waals surface area contributed by atoms with Crippen LogP contribution in [0.3, 0.4) is 0 Å². The normalized spacial score (nSPS) is 25.1. The number of halogens is 1. The second kappa shape index (κ2) is 5.31. The molecule has 0 bridgehead atoms. The number of ether oxygens (including phenoxy) is 2. The van der Waals surface area contributed by atoms with E-state index < -0.39 is 0 Å². The zero-order valence-corrected chi connectivity index (χ0v) is 11.7. The molecule has 1 aromatic carbocycles. The van der Waals surface area contributed by atoms with Crippen LogP contribution in [-0.2, 0) is 11.3 Å². The van der Waals surface area contributed by atoms with Crippen molar-refractivity contribution >= 4 is 11.6 Å². The topological polar surface area (TPSA) is 38.7 Å². The Hall–Kier alpha value is -0.770. The first kappa shape index (κ1) is 13.2. The van der Waals surface area contributed by atoms with Crippen molar-refractivity contribution in [1.82, 2.24) is 0 Å². The van der Waals surface area contributed by atoms with E-state index in [1.165, 1.54) is 6.42 Å². The maximum Gasteiger partial charge on any atom is 0.138 e. The summed E-state index contributed by atoms with van der Waals surface area (Å²) in [6, 6.07) is 5.45. The van der Waals surface area contributed by atoms with Crippen LogP contribution in [0.15, 0.2) is 18.2 Å². The molecule has 0 amide bonds. The zero-order chi connectivity index (χ0) is 13.3. The van der Waals surface area contributed by atoms with Crippen molar-refractivity contribution in [2.75, 3.05) is 6.61 Å². The van der Waals surface area contributed by atoms with Crippen LogP contribution in [0.4, 0.5) is 0 Å². The molecule has 104 valence electrons. The maximum atomic E-state index is 9.07. The molecule has 1 spiro atoms. The Morgan fingerprint density at radius 2 is 2.26 bits per heavy atom. The molecule has 2 fully saturated rings. The number of rotatable bonds is 3. The number of benzene rings is 1. The second-order valence-corrected chi connectivity index (χ2v) is 5.95. The van der Waals surface area contributed by atoms with Crippen molar-refractivity contribution in [3.63, 3.8) is 0 Å². The van der Waals surface area contributed by atoms with Crippen LogP contribution in [0.1, 0.15) is 37.7 Å². The Kier molecular flexibility index (Phi) is 3.70. The summed E-state index contributed by atoms with van der Waals surface area (Å²) in [7, 11) is 0. The van der Waals surface area contributed by atoms with E-state index in [4.69, 9.17) is 26.2 Å². The van der Waals surface area contributed by atoms with E-state index in [9.17, 15) is 0 Å². The average molecular weight is 283 g/mol. The van der Waals surface area contributed by atoms with Crippen LogP contribution in [0.2, 0.25) is 5.02 Å². The fraction of sp³-hybridized carbons (Fsp3) is 0.600. The molecular weight excluding hydrogens is 264 g/mol. The van der Waals surface area contributed by atoms with Crippen LogP contribution in [0.5, 0.6) is 5.75 Å². The quantitative estimate of drug-likeness (QED) is 0.924. The Morgan fingerprint density at radius 1 is 1.42 bits per heavy atom. The smallest absolute Gasteiger partial charge is 0.138 e. The summed E-state index contributed by atoms with van der Waals surface area (Å²) in [5.74, 6) is 0.709. The van der Waals surface area contributed by atoms with E-state index in [0.29, 0.717) is 10.8 Å². The summed E-state index contributed by atoms with van der Waals surface area (Å²) in [6.45, 7) is 0.775. The van der Waals surface area contributed by atoms with Gasteiger partial charge in [-0.2, -0.15) is 0 Å². The van der Waals surface area contributed by atoms with Gasteiger partial charge in [0.1, 0.15) is 11.9 Å². The van der Waals surface area contributed by atoms with E-state index in [0.717, 1.165) is 37.9 Å². The summed E-state index contributed by atoms with van der Waals surface area (Å²) in [6.07, 6.45) is 5.64. The van der Waals surface area contributed by atoms with Gasteiger partial charge in [0.05, 0.1) is 23.8 Å². The average Bonchev–Trinajstić information content (AvgIpc) is 2.39. The van der Waals surface area contributed by atoms with Gasteiger partial charge in [-0.3, -0.25) is 0 Å². The Labute approximate surface area is 118 Å². The van der Waals surface area contributed by atoms with Gasteiger partial charge in [-0.05, 0) is 37.0 Å². The van der Waals surface area contributed by atoms with E-state index in [1.807, 2.05) is 12.1 Å². The molecule has 0 aromatic heterocycles. The van der Waals surface area contributed by atoms with E-state index in [1.54, 1.807) is 6.07 Å². The van der Waals surface area contributed by atoms with Gasteiger partial charge >= 0.3 is 0 Å². The molecule has 1 aromatic rings. The SMILES string of the molecule is OCc1ccc(OC2CCOC3(CCC3)C2)c(Cl)c1. The Balaban J connectivity index is 1.67. The molecule has 1 aliphatic carbocycles. The highest BCUT2D eigenvalue weighted by atomic mass is 35.5. The Bertz CT molecular complexity index is 457. The molecular formula is C15H19ClO3. The highest BCUT2D eigenvalue weighted by Crippen LogP contribution is 2.43. The van der Waals surface area contributed by atoms with E-state index >= 15 is 0 Å². The van der Waals surface area contributed by atoms with Gasteiger partial charge < -0.3 is 14.6 Å². The van der Waals surface area contributed by atoms with Gasteiger partial charge in [0.15, 0.2) is 0 Å². The molecule has 0 radical (unpaired) electrons. The van der Waals surface area contributed by atoms with Gasteiger partial charge in [-0.1, -0.05) is 17.7 Å². The molecule has 1 unspecified atom stereocenters. The molecule has 1 heterocycles. The standard InChI is InChI=1S/C15H19ClO3/c16-13-8-11(10-17)2-3-14(13)19-12-4-7-18-15(9-12)5-1-6-15/h2-3,8,12,17H,1,4-7,9-10H2. The van der Waals surface area contributed by atoms with Crippen molar-refractivity contribution in [2.45, 2.75) is 50.4 Å². The summed E-state index contributed by atoms with van der Waals surface area (Å²) in [4.78, 5) is 0. The van der Waals surface area contributed by atoms with Crippen LogP contribution in [0.25, 0.3) is 0 Å². The number of hydrogen-bond donors (Lipinski definition) is 1. The van der Waals surface area contributed by atoms with Crippen LogP contribution in [-0.4, -0.2) is 23.4 Å². The van der Waals surface area contributed by atoms with Crippen molar-refractivity contribution in [2.24, 2.45) is 0 Å². The minimum atomic E-state index is 0.000377. The van der Waals surface area contributed by atoms with Crippen molar-refractivity contribution in [3.05, 3.63) is 28.8 Å². The third-order valence-corrected chi connectivity index (χ3v) is 4.48. The molecule has 1 atom stereocenters. The lowest BCUT2D eigenvalue weighted by Crippen LogP contribution is -2.48. The zero-order valence-electron chi connectivity index (χ0n) is 10.9. The highest BCUT2D eigenvalue weighted by molar-refractivity contribution is 6.32. The molecule has 1 N–H and O–H groups in total. The largest absolute Gasteiger partial charge is 0.489 e. The summed E-state index contributed by atoms with van der Waals surface area (Å²) < 4.78 is 11.9. The summed E-state index contributed by atoms with van der Waals surface area (Å²) >= 11 is 6.18.